The lowest BCUT2D eigenvalue weighted by molar-refractivity contribution is 0.730. The fourth-order valence-electron chi connectivity index (χ4n) is 0.358. The fraction of sp³-hybridized carbons (Fsp3) is 1.00. The lowest BCUT2D eigenvalue weighted by atomic mass is 9.52. The van der Waals surface area contributed by atoms with Gasteiger partial charge in [-0.3, -0.25) is 0 Å². The van der Waals surface area contributed by atoms with Crippen LogP contribution in [0, 0.1) is 0 Å². The lowest BCUT2D eigenvalue weighted by Crippen LogP contribution is -2.13. The zero-order valence-corrected chi connectivity index (χ0v) is 3.08. The Morgan fingerprint density at radius 2 is 1.80 bits per heavy atom. The Balaban J connectivity index is 2.08. The SMILES string of the molecule is FB1CCC1. The van der Waals surface area contributed by atoms with Crippen LogP contribution in [-0.4, -0.2) is 6.99 Å². The molecule has 0 N–H and O–H groups in total. The van der Waals surface area contributed by atoms with Crippen LogP contribution in [0.5, 0.6) is 0 Å². The molecule has 0 aliphatic carbocycles. The van der Waals surface area contributed by atoms with Crippen LogP contribution in [-0.2, 0) is 0 Å². The van der Waals surface area contributed by atoms with Crippen LogP contribution in [0.1, 0.15) is 6.42 Å². The maximum atomic E-state index is 11.5. The summed E-state index contributed by atoms with van der Waals surface area (Å²) in [6.07, 6.45) is 2.75. The molecule has 28 valence electrons. The maximum absolute atomic E-state index is 11.5. The van der Waals surface area contributed by atoms with Gasteiger partial charge in [0.2, 0.25) is 0 Å². The van der Waals surface area contributed by atoms with E-state index < -0.39 is 6.99 Å². The van der Waals surface area contributed by atoms with E-state index in [0.717, 1.165) is 19.1 Å². The molecule has 0 aromatic carbocycles. The van der Waals surface area contributed by atoms with E-state index >= 15 is 0 Å². The van der Waals surface area contributed by atoms with E-state index in [9.17, 15) is 4.32 Å². The van der Waals surface area contributed by atoms with Gasteiger partial charge in [0, 0.05) is 0 Å². The summed E-state index contributed by atoms with van der Waals surface area (Å²) in [6.45, 7) is -0.435. The average molecular weight is 71.9 g/mol. The molecule has 1 aliphatic rings. The van der Waals surface area contributed by atoms with Gasteiger partial charge >= 0.3 is 6.99 Å². The van der Waals surface area contributed by atoms with Crippen LogP contribution in [0.2, 0.25) is 12.6 Å². The Bertz CT molecular complexity index is 33.9. The monoisotopic (exact) mass is 72.1 g/mol. The third-order valence-electron chi connectivity index (χ3n) is 1.03. The van der Waals surface area contributed by atoms with Crippen molar-refractivity contribution in [3.8, 4) is 0 Å². The smallest absolute Gasteiger partial charge is 0.336 e. The van der Waals surface area contributed by atoms with Crippen LogP contribution >= 0.6 is 0 Å². The number of rotatable bonds is 0. The van der Waals surface area contributed by atoms with Crippen molar-refractivity contribution < 1.29 is 4.32 Å². The predicted octanol–water partition coefficient (Wildman–Crippen LogP) is 1.35. The van der Waals surface area contributed by atoms with Crippen molar-refractivity contribution in [2.75, 3.05) is 0 Å². The molecule has 0 saturated carbocycles. The number of hydrogen-bond donors (Lipinski definition) is 0. The molecule has 0 aromatic rings. The van der Waals surface area contributed by atoms with Crippen LogP contribution in [0.4, 0.5) is 4.32 Å². The highest BCUT2D eigenvalue weighted by molar-refractivity contribution is 6.54. The quantitative estimate of drug-likeness (QED) is 0.379. The van der Waals surface area contributed by atoms with E-state index in [1.54, 1.807) is 0 Å². The second-order valence-corrected chi connectivity index (χ2v) is 1.53. The zero-order valence-electron chi connectivity index (χ0n) is 3.08. The van der Waals surface area contributed by atoms with E-state index in [1.807, 2.05) is 0 Å². The Hall–Kier alpha value is -0.00506. The molecule has 1 aliphatic heterocycles. The number of hydrogen-bond acceptors (Lipinski definition) is 0. The Morgan fingerprint density at radius 1 is 1.40 bits per heavy atom. The number of halogens is 1. The van der Waals surface area contributed by atoms with E-state index in [0.29, 0.717) is 0 Å². The predicted molar refractivity (Wildman–Crippen MR) is 21.1 cm³/mol. The Morgan fingerprint density at radius 3 is 1.80 bits per heavy atom. The normalized spacial score (nSPS) is 22.2. The first-order chi connectivity index (χ1) is 2.39. The molecule has 2 heteroatoms. The van der Waals surface area contributed by atoms with Gasteiger partial charge in [0.1, 0.15) is 0 Å². The summed E-state index contributed by atoms with van der Waals surface area (Å²) in [6, 6.07) is 0. The average Bonchev–Trinajstić information content (AvgIpc) is 1.30. The molecule has 0 spiro atoms. The van der Waals surface area contributed by atoms with Gasteiger partial charge in [-0.05, 0) is 12.6 Å². The van der Waals surface area contributed by atoms with Crippen molar-refractivity contribution in [2.24, 2.45) is 0 Å². The molecule has 0 amide bonds. The summed E-state index contributed by atoms with van der Waals surface area (Å²) in [5, 5.41) is 0. The molecule has 1 rings (SSSR count). The summed E-state index contributed by atoms with van der Waals surface area (Å²) in [4.78, 5) is 0. The third-order valence-corrected chi connectivity index (χ3v) is 1.03. The Labute approximate surface area is 31.5 Å². The van der Waals surface area contributed by atoms with Crippen molar-refractivity contribution >= 4 is 6.99 Å². The molecule has 0 bridgehead atoms. The third kappa shape index (κ3) is 0.442. The first kappa shape index (κ1) is 3.20. The summed E-state index contributed by atoms with van der Waals surface area (Å²) in [7, 11) is 0. The molecule has 0 atom stereocenters. The molecular formula is C3H6BF. The van der Waals surface area contributed by atoms with Crippen LogP contribution in [0.3, 0.4) is 0 Å². The summed E-state index contributed by atoms with van der Waals surface area (Å²) < 4.78 is 11.5. The minimum atomic E-state index is -0.435. The van der Waals surface area contributed by atoms with Gasteiger partial charge < -0.3 is 4.32 Å². The van der Waals surface area contributed by atoms with Crippen LogP contribution in [0.25, 0.3) is 0 Å². The second kappa shape index (κ2) is 0.997. The van der Waals surface area contributed by atoms with Gasteiger partial charge in [-0.2, -0.15) is 0 Å². The van der Waals surface area contributed by atoms with Gasteiger partial charge in [0.05, 0.1) is 0 Å². The van der Waals surface area contributed by atoms with E-state index in [4.69, 9.17) is 0 Å². The molecule has 0 radical (unpaired) electrons. The van der Waals surface area contributed by atoms with Crippen molar-refractivity contribution in [3.63, 3.8) is 0 Å². The minimum Gasteiger partial charge on any atom is -0.336 e. The van der Waals surface area contributed by atoms with Gasteiger partial charge in [-0.15, -0.1) is 0 Å². The minimum absolute atomic E-state index is 0.435. The molecular weight excluding hydrogens is 65.8 g/mol. The Kier molecular flexibility index (Phi) is 0.637. The fourth-order valence-corrected chi connectivity index (χ4v) is 0.358. The molecule has 1 fully saturated rings. The summed E-state index contributed by atoms with van der Waals surface area (Å²) in [5.74, 6) is 0. The highest BCUT2D eigenvalue weighted by atomic mass is 19.1. The van der Waals surface area contributed by atoms with Crippen molar-refractivity contribution in [1.82, 2.24) is 0 Å². The second-order valence-electron chi connectivity index (χ2n) is 1.53. The van der Waals surface area contributed by atoms with Gasteiger partial charge in [0.15, 0.2) is 0 Å². The molecule has 1 saturated heterocycles. The zero-order chi connectivity index (χ0) is 3.70. The highest BCUT2D eigenvalue weighted by Gasteiger charge is 2.21. The highest BCUT2D eigenvalue weighted by Crippen LogP contribution is 2.19. The summed E-state index contributed by atoms with van der Waals surface area (Å²) >= 11 is 0. The maximum Gasteiger partial charge on any atom is 0.348 e. The van der Waals surface area contributed by atoms with Crippen molar-refractivity contribution in [3.05, 3.63) is 0 Å². The van der Waals surface area contributed by atoms with Crippen molar-refractivity contribution in [1.29, 1.82) is 0 Å². The molecule has 0 unspecified atom stereocenters. The van der Waals surface area contributed by atoms with Gasteiger partial charge in [-0.25, -0.2) is 0 Å². The largest absolute Gasteiger partial charge is 0.348 e. The topological polar surface area (TPSA) is 0 Å². The molecule has 1 heterocycles. The van der Waals surface area contributed by atoms with Crippen molar-refractivity contribution in [2.45, 2.75) is 19.1 Å². The molecule has 5 heavy (non-hydrogen) atoms. The van der Waals surface area contributed by atoms with Crippen LogP contribution < -0.4 is 0 Å². The molecule has 0 nitrogen and oxygen atoms in total. The lowest BCUT2D eigenvalue weighted by Gasteiger charge is -2.09. The first-order valence-corrected chi connectivity index (χ1v) is 2.03. The first-order valence-electron chi connectivity index (χ1n) is 2.03. The van der Waals surface area contributed by atoms with E-state index in [1.165, 1.54) is 0 Å². The summed E-state index contributed by atoms with van der Waals surface area (Å²) in [5.41, 5.74) is 0. The van der Waals surface area contributed by atoms with E-state index in [2.05, 4.69) is 0 Å². The van der Waals surface area contributed by atoms with Crippen LogP contribution in [0.15, 0.2) is 0 Å². The van der Waals surface area contributed by atoms with E-state index in [-0.39, 0.29) is 0 Å². The van der Waals surface area contributed by atoms with Gasteiger partial charge in [0.25, 0.3) is 0 Å². The standard InChI is InChI=1S/C3H6BF/c5-4-2-1-3-4/h1-3H2. The molecule has 0 aromatic heterocycles. The van der Waals surface area contributed by atoms with Gasteiger partial charge in [-0.1, -0.05) is 6.42 Å².